The van der Waals surface area contributed by atoms with E-state index in [-0.39, 0.29) is 6.15 Å². The Hall–Kier alpha value is -1.55. The number of benzene rings is 1. The summed E-state index contributed by atoms with van der Waals surface area (Å²) in [6.45, 7) is 1.61. The molecule has 0 radical (unpaired) electrons. The van der Waals surface area contributed by atoms with Crippen molar-refractivity contribution in [3.63, 3.8) is 0 Å². The Morgan fingerprint density at radius 2 is 1.92 bits per heavy atom. The molecule has 0 aliphatic carbocycles. The number of para-hydroxylation sites is 1. The number of carboxylic acid groups (broad SMARTS) is 1. The molecule has 0 amide bonds. The predicted octanol–water partition coefficient (Wildman–Crippen LogP) is 1.73. The second-order valence-corrected chi connectivity index (χ2v) is 2.57. The third kappa shape index (κ3) is 3.57. The van der Waals surface area contributed by atoms with Crippen molar-refractivity contribution in [3.05, 3.63) is 30.3 Å². The van der Waals surface area contributed by atoms with Crippen LogP contribution in [0.2, 0.25) is 0 Å². The van der Waals surface area contributed by atoms with Crippen molar-refractivity contribution in [2.45, 2.75) is 13.0 Å². The van der Waals surface area contributed by atoms with Crippen molar-refractivity contribution in [1.82, 2.24) is 6.15 Å². The Kier molecular flexibility index (Phi) is 4.54. The maximum atomic E-state index is 10.4. The first-order valence-electron chi connectivity index (χ1n) is 3.74. The smallest absolute Gasteiger partial charge is 0.325 e. The summed E-state index contributed by atoms with van der Waals surface area (Å²) in [6, 6.07) is 8.72. The summed E-state index contributed by atoms with van der Waals surface area (Å²) >= 11 is 0. The Labute approximate surface area is 77.2 Å². The standard InChI is InChI=1S/C9H11NO2.H3N/c1-7(9(11)12)10-8-5-3-2-4-6-8;/h2-7,10H,1H3,(H,11,12);1H3/t7-;/m0./s1. The number of hydrogen-bond acceptors (Lipinski definition) is 3. The molecule has 5 N–H and O–H groups in total. The fourth-order valence-corrected chi connectivity index (χ4v) is 0.846. The summed E-state index contributed by atoms with van der Waals surface area (Å²) in [7, 11) is 0. The lowest BCUT2D eigenvalue weighted by atomic mass is 10.3. The van der Waals surface area contributed by atoms with Gasteiger partial charge in [-0.15, -0.1) is 0 Å². The Morgan fingerprint density at radius 3 is 2.38 bits per heavy atom. The van der Waals surface area contributed by atoms with Gasteiger partial charge in [0.1, 0.15) is 6.04 Å². The molecule has 1 rings (SSSR count). The molecule has 0 bridgehead atoms. The Morgan fingerprint density at radius 1 is 1.38 bits per heavy atom. The van der Waals surface area contributed by atoms with Crippen LogP contribution in [0.1, 0.15) is 6.92 Å². The fourth-order valence-electron chi connectivity index (χ4n) is 0.846. The van der Waals surface area contributed by atoms with Crippen LogP contribution in [0.5, 0.6) is 0 Å². The van der Waals surface area contributed by atoms with E-state index in [0.29, 0.717) is 0 Å². The van der Waals surface area contributed by atoms with E-state index in [9.17, 15) is 4.79 Å². The van der Waals surface area contributed by atoms with Crippen LogP contribution in [0, 0.1) is 0 Å². The van der Waals surface area contributed by atoms with Gasteiger partial charge in [-0.25, -0.2) is 0 Å². The van der Waals surface area contributed by atoms with Crippen molar-refractivity contribution in [2.75, 3.05) is 5.32 Å². The van der Waals surface area contributed by atoms with Crippen LogP contribution in [0.4, 0.5) is 5.69 Å². The van der Waals surface area contributed by atoms with Crippen LogP contribution < -0.4 is 11.5 Å². The molecule has 1 atom stereocenters. The molecule has 0 aromatic heterocycles. The predicted molar refractivity (Wildman–Crippen MR) is 52.2 cm³/mol. The van der Waals surface area contributed by atoms with Gasteiger partial charge in [-0.05, 0) is 19.1 Å². The third-order valence-corrected chi connectivity index (χ3v) is 1.53. The Bertz CT molecular complexity index is 262. The molecule has 0 saturated heterocycles. The molecule has 0 aliphatic rings. The summed E-state index contributed by atoms with van der Waals surface area (Å²) in [4.78, 5) is 10.4. The maximum absolute atomic E-state index is 10.4. The number of carbonyl (C=O) groups is 1. The number of hydrogen-bond donors (Lipinski definition) is 3. The van der Waals surface area contributed by atoms with E-state index in [1.807, 2.05) is 30.3 Å². The van der Waals surface area contributed by atoms with Gasteiger partial charge in [0.15, 0.2) is 0 Å². The van der Waals surface area contributed by atoms with Crippen molar-refractivity contribution in [1.29, 1.82) is 0 Å². The van der Waals surface area contributed by atoms with Crippen LogP contribution >= 0.6 is 0 Å². The van der Waals surface area contributed by atoms with Gasteiger partial charge in [-0.3, -0.25) is 4.79 Å². The highest BCUT2D eigenvalue weighted by Crippen LogP contribution is 2.06. The van der Waals surface area contributed by atoms with Gasteiger partial charge in [0.05, 0.1) is 0 Å². The molecule has 13 heavy (non-hydrogen) atoms. The van der Waals surface area contributed by atoms with Gasteiger partial charge in [-0.1, -0.05) is 18.2 Å². The molecule has 0 heterocycles. The molecule has 1 aromatic rings. The summed E-state index contributed by atoms with van der Waals surface area (Å²) < 4.78 is 0. The molecule has 0 saturated carbocycles. The highest BCUT2D eigenvalue weighted by molar-refractivity contribution is 5.76. The number of anilines is 1. The van der Waals surface area contributed by atoms with E-state index < -0.39 is 12.0 Å². The van der Waals surface area contributed by atoms with Gasteiger partial charge in [0.2, 0.25) is 0 Å². The van der Waals surface area contributed by atoms with E-state index in [4.69, 9.17) is 5.11 Å². The second kappa shape index (κ2) is 5.16. The quantitative estimate of drug-likeness (QED) is 0.664. The molecule has 0 spiro atoms. The minimum absolute atomic E-state index is 0. The van der Waals surface area contributed by atoms with Crippen LogP contribution in [0.25, 0.3) is 0 Å². The monoisotopic (exact) mass is 182 g/mol. The van der Waals surface area contributed by atoms with E-state index in [1.54, 1.807) is 6.92 Å². The third-order valence-electron chi connectivity index (χ3n) is 1.53. The summed E-state index contributed by atoms with van der Waals surface area (Å²) in [5.74, 6) is -0.848. The lowest BCUT2D eigenvalue weighted by Gasteiger charge is -2.09. The molecule has 0 fully saturated rings. The highest BCUT2D eigenvalue weighted by Gasteiger charge is 2.08. The van der Waals surface area contributed by atoms with Gasteiger partial charge >= 0.3 is 5.97 Å². The van der Waals surface area contributed by atoms with Crippen LogP contribution in [-0.4, -0.2) is 17.1 Å². The molecule has 0 aliphatic heterocycles. The van der Waals surface area contributed by atoms with Crippen LogP contribution in [0.15, 0.2) is 30.3 Å². The van der Waals surface area contributed by atoms with E-state index in [1.165, 1.54) is 0 Å². The van der Waals surface area contributed by atoms with E-state index >= 15 is 0 Å². The zero-order valence-corrected chi connectivity index (χ0v) is 7.53. The minimum Gasteiger partial charge on any atom is -0.480 e. The van der Waals surface area contributed by atoms with Crippen molar-refractivity contribution < 1.29 is 9.90 Å². The topological polar surface area (TPSA) is 84.3 Å². The average Bonchev–Trinajstić information content (AvgIpc) is 2.06. The summed E-state index contributed by atoms with van der Waals surface area (Å²) in [5, 5.41) is 11.4. The van der Waals surface area contributed by atoms with Gasteiger partial charge in [0, 0.05) is 5.69 Å². The van der Waals surface area contributed by atoms with Crippen molar-refractivity contribution in [3.8, 4) is 0 Å². The van der Waals surface area contributed by atoms with E-state index in [0.717, 1.165) is 5.69 Å². The average molecular weight is 182 g/mol. The van der Waals surface area contributed by atoms with Crippen LogP contribution in [0.3, 0.4) is 0 Å². The molecule has 0 unspecified atom stereocenters. The fraction of sp³-hybridized carbons (Fsp3) is 0.222. The van der Waals surface area contributed by atoms with Crippen LogP contribution in [-0.2, 0) is 4.79 Å². The highest BCUT2D eigenvalue weighted by atomic mass is 16.4. The molecule has 4 nitrogen and oxygen atoms in total. The molecule has 72 valence electrons. The summed E-state index contributed by atoms with van der Waals surface area (Å²) in [6.07, 6.45) is 0. The summed E-state index contributed by atoms with van der Waals surface area (Å²) in [5.41, 5.74) is 0.826. The molecular formula is C9H14N2O2. The molecule has 1 aromatic carbocycles. The minimum atomic E-state index is -0.848. The molecule has 4 heteroatoms. The molecular weight excluding hydrogens is 168 g/mol. The van der Waals surface area contributed by atoms with Crippen molar-refractivity contribution in [2.24, 2.45) is 0 Å². The zero-order valence-electron chi connectivity index (χ0n) is 7.53. The van der Waals surface area contributed by atoms with Gasteiger partial charge in [-0.2, -0.15) is 0 Å². The number of nitrogens with one attached hydrogen (secondary N) is 1. The number of carboxylic acids is 1. The van der Waals surface area contributed by atoms with Gasteiger partial charge in [0.25, 0.3) is 0 Å². The first-order chi connectivity index (χ1) is 5.70. The first kappa shape index (κ1) is 11.4. The van der Waals surface area contributed by atoms with E-state index in [2.05, 4.69) is 5.32 Å². The first-order valence-corrected chi connectivity index (χ1v) is 3.74. The lowest BCUT2D eigenvalue weighted by molar-refractivity contribution is -0.137. The lowest BCUT2D eigenvalue weighted by Crippen LogP contribution is -2.25. The SMILES string of the molecule is C[C@H](Nc1ccccc1)C(=O)O.N. The zero-order chi connectivity index (χ0) is 8.97. The maximum Gasteiger partial charge on any atom is 0.325 e. The number of aliphatic carboxylic acids is 1. The Balaban J connectivity index is 0.00000144. The number of rotatable bonds is 3. The largest absolute Gasteiger partial charge is 0.480 e. The second-order valence-electron chi connectivity index (χ2n) is 2.57. The van der Waals surface area contributed by atoms with Crippen molar-refractivity contribution >= 4 is 11.7 Å². The normalized spacial score (nSPS) is 11.2. The van der Waals surface area contributed by atoms with Gasteiger partial charge < -0.3 is 16.6 Å².